The Hall–Kier alpha value is -0.280. The average molecular weight is 206 g/mol. The van der Waals surface area contributed by atoms with E-state index >= 15 is 0 Å². The minimum absolute atomic E-state index is 0.0104. The lowest BCUT2D eigenvalue weighted by atomic mass is 9.83. The topological polar surface area (TPSA) is 40.5 Å². The molecule has 0 radical (unpaired) electrons. The van der Waals surface area contributed by atoms with E-state index in [1.807, 2.05) is 0 Å². The maximum absolute atomic E-state index is 11.3. The number of amides is 1. The van der Waals surface area contributed by atoms with Crippen LogP contribution < -0.4 is 0 Å². The highest BCUT2D eigenvalue weighted by molar-refractivity contribution is 6.27. The predicted molar refractivity (Wildman–Crippen MR) is 51.7 cm³/mol. The lowest BCUT2D eigenvalue weighted by Gasteiger charge is -2.23. The van der Waals surface area contributed by atoms with Crippen molar-refractivity contribution in [2.45, 2.75) is 13.8 Å². The second-order valence-corrected chi connectivity index (χ2v) is 4.54. The van der Waals surface area contributed by atoms with Crippen molar-refractivity contribution in [2.24, 2.45) is 11.3 Å². The third kappa shape index (κ3) is 2.15. The molecule has 4 heteroatoms. The van der Waals surface area contributed by atoms with Crippen LogP contribution in [-0.4, -0.2) is 41.5 Å². The van der Waals surface area contributed by atoms with Gasteiger partial charge in [-0.05, 0) is 5.41 Å². The fourth-order valence-electron chi connectivity index (χ4n) is 1.78. The third-order valence-corrected chi connectivity index (χ3v) is 3.06. The molecule has 0 aromatic carbocycles. The van der Waals surface area contributed by atoms with Crippen LogP contribution in [0.2, 0.25) is 0 Å². The van der Waals surface area contributed by atoms with E-state index in [0.29, 0.717) is 13.1 Å². The number of nitrogens with zero attached hydrogens (tertiary/aromatic N) is 1. The zero-order valence-electron chi connectivity index (χ0n) is 8.09. The highest BCUT2D eigenvalue weighted by Gasteiger charge is 2.40. The summed E-state index contributed by atoms with van der Waals surface area (Å²) < 4.78 is 0. The van der Waals surface area contributed by atoms with Gasteiger partial charge in [-0.2, -0.15) is 0 Å². The molecule has 1 aliphatic heterocycles. The van der Waals surface area contributed by atoms with Gasteiger partial charge in [0.05, 0.1) is 0 Å². The number of carbonyl (C=O) groups is 1. The maximum Gasteiger partial charge on any atom is 0.237 e. The summed E-state index contributed by atoms with van der Waals surface area (Å²) >= 11 is 5.46. The van der Waals surface area contributed by atoms with Crippen LogP contribution >= 0.6 is 11.6 Å². The van der Waals surface area contributed by atoms with Crippen molar-refractivity contribution >= 4 is 17.5 Å². The molecule has 13 heavy (non-hydrogen) atoms. The summed E-state index contributed by atoms with van der Waals surface area (Å²) in [5.74, 6) is 0.180. The summed E-state index contributed by atoms with van der Waals surface area (Å²) in [6, 6.07) is 0. The Morgan fingerprint density at radius 1 is 1.69 bits per heavy atom. The summed E-state index contributed by atoms with van der Waals surface area (Å²) in [4.78, 5) is 13.0. The van der Waals surface area contributed by atoms with Gasteiger partial charge >= 0.3 is 0 Å². The molecule has 1 aliphatic rings. The molecule has 0 bridgehead atoms. The summed E-state index contributed by atoms with van der Waals surface area (Å²) in [7, 11) is 0. The highest BCUT2D eigenvalue weighted by Crippen LogP contribution is 2.34. The molecule has 0 aliphatic carbocycles. The molecule has 76 valence electrons. The van der Waals surface area contributed by atoms with Crippen LogP contribution in [0.5, 0.6) is 0 Å². The maximum atomic E-state index is 11.3. The average Bonchev–Trinajstić information content (AvgIpc) is 2.39. The molecule has 3 nitrogen and oxygen atoms in total. The van der Waals surface area contributed by atoms with Crippen LogP contribution in [0.15, 0.2) is 0 Å². The van der Waals surface area contributed by atoms with E-state index in [1.165, 1.54) is 0 Å². The van der Waals surface area contributed by atoms with Gasteiger partial charge in [0.25, 0.3) is 0 Å². The van der Waals surface area contributed by atoms with Crippen molar-refractivity contribution < 1.29 is 9.90 Å². The standard InChI is InChI=1S/C9H16ClNO2/c1-9(2)6-11(8(13)3-10)4-7(9)5-12/h7,12H,3-6H2,1-2H3/t7-/m0/s1. The van der Waals surface area contributed by atoms with Crippen LogP contribution in [0.3, 0.4) is 0 Å². The van der Waals surface area contributed by atoms with E-state index in [1.54, 1.807) is 4.90 Å². The minimum Gasteiger partial charge on any atom is -0.396 e. The van der Waals surface area contributed by atoms with Gasteiger partial charge in [-0.15, -0.1) is 11.6 Å². The number of rotatable bonds is 2. The van der Waals surface area contributed by atoms with Crippen molar-refractivity contribution in [3.63, 3.8) is 0 Å². The summed E-state index contributed by atoms with van der Waals surface area (Å²) in [6.45, 7) is 5.60. The van der Waals surface area contributed by atoms with Gasteiger partial charge in [-0.25, -0.2) is 0 Å². The number of carbonyl (C=O) groups excluding carboxylic acids is 1. The van der Waals surface area contributed by atoms with Gasteiger partial charge in [-0.1, -0.05) is 13.8 Å². The number of likely N-dealkylation sites (tertiary alicyclic amines) is 1. The Balaban J connectivity index is 2.64. The molecule has 1 N–H and O–H groups in total. The predicted octanol–water partition coefficient (Wildman–Crippen LogP) is 0.702. The Kier molecular flexibility index (Phi) is 3.19. The molecule has 0 saturated carbocycles. The van der Waals surface area contributed by atoms with Crippen LogP contribution in [0.25, 0.3) is 0 Å². The number of hydrogen-bond acceptors (Lipinski definition) is 2. The van der Waals surface area contributed by atoms with Gasteiger partial charge in [0.1, 0.15) is 5.88 Å². The molecule has 1 amide bonds. The van der Waals surface area contributed by atoms with Gasteiger partial charge in [0.15, 0.2) is 0 Å². The molecule has 1 rings (SSSR count). The number of alkyl halides is 1. The molecule has 0 spiro atoms. The molecule has 1 saturated heterocycles. The lowest BCUT2D eigenvalue weighted by Crippen LogP contribution is -2.30. The second-order valence-electron chi connectivity index (χ2n) is 4.28. The van der Waals surface area contributed by atoms with Crippen LogP contribution in [0.1, 0.15) is 13.8 Å². The molecule has 1 atom stereocenters. The van der Waals surface area contributed by atoms with E-state index in [9.17, 15) is 4.79 Å². The summed E-state index contributed by atoms with van der Waals surface area (Å²) in [5, 5.41) is 9.10. The Labute approximate surface area is 83.7 Å². The SMILES string of the molecule is CC1(C)CN(C(=O)CCl)C[C@H]1CO. The van der Waals surface area contributed by atoms with Gasteiger partial charge in [0, 0.05) is 25.6 Å². The number of aliphatic hydroxyl groups excluding tert-OH is 1. The lowest BCUT2D eigenvalue weighted by molar-refractivity contribution is -0.127. The van der Waals surface area contributed by atoms with Gasteiger partial charge < -0.3 is 10.0 Å². The molecular weight excluding hydrogens is 190 g/mol. The fraction of sp³-hybridized carbons (Fsp3) is 0.889. The normalized spacial score (nSPS) is 26.5. The van der Waals surface area contributed by atoms with Crippen molar-refractivity contribution in [1.29, 1.82) is 0 Å². The Morgan fingerprint density at radius 3 is 2.69 bits per heavy atom. The van der Waals surface area contributed by atoms with Crippen molar-refractivity contribution in [1.82, 2.24) is 4.90 Å². The van der Waals surface area contributed by atoms with Gasteiger partial charge in [-0.3, -0.25) is 4.79 Å². The molecular formula is C9H16ClNO2. The zero-order valence-corrected chi connectivity index (χ0v) is 8.84. The minimum atomic E-state index is -0.0364. The van der Waals surface area contributed by atoms with E-state index in [2.05, 4.69) is 13.8 Å². The van der Waals surface area contributed by atoms with E-state index in [0.717, 1.165) is 0 Å². The fourth-order valence-corrected chi connectivity index (χ4v) is 1.95. The Morgan fingerprint density at radius 2 is 2.31 bits per heavy atom. The molecule has 0 unspecified atom stereocenters. The number of aliphatic hydroxyl groups is 1. The van der Waals surface area contributed by atoms with Crippen LogP contribution in [0, 0.1) is 11.3 Å². The van der Waals surface area contributed by atoms with Crippen molar-refractivity contribution in [3.05, 3.63) is 0 Å². The highest BCUT2D eigenvalue weighted by atomic mass is 35.5. The van der Waals surface area contributed by atoms with Crippen LogP contribution in [0.4, 0.5) is 0 Å². The molecule has 1 fully saturated rings. The first-order chi connectivity index (χ1) is 6.01. The van der Waals surface area contributed by atoms with E-state index in [-0.39, 0.29) is 29.7 Å². The summed E-state index contributed by atoms with van der Waals surface area (Å²) in [6.07, 6.45) is 0. The first-order valence-corrected chi connectivity index (χ1v) is 4.99. The first kappa shape index (κ1) is 10.8. The second kappa shape index (κ2) is 3.84. The molecule has 1 heterocycles. The van der Waals surface area contributed by atoms with Crippen LogP contribution in [-0.2, 0) is 4.79 Å². The number of halogens is 1. The monoisotopic (exact) mass is 205 g/mol. The zero-order chi connectivity index (χ0) is 10.1. The quantitative estimate of drug-likeness (QED) is 0.675. The third-order valence-electron chi connectivity index (χ3n) is 2.83. The van der Waals surface area contributed by atoms with E-state index in [4.69, 9.17) is 16.7 Å². The number of hydrogen-bond donors (Lipinski definition) is 1. The molecule has 0 aromatic heterocycles. The van der Waals surface area contributed by atoms with Gasteiger partial charge in [0.2, 0.25) is 5.91 Å². The Bertz CT molecular complexity index is 206. The summed E-state index contributed by atoms with van der Waals surface area (Å²) in [5.41, 5.74) is 0.0104. The largest absolute Gasteiger partial charge is 0.396 e. The van der Waals surface area contributed by atoms with Crippen molar-refractivity contribution in [3.8, 4) is 0 Å². The van der Waals surface area contributed by atoms with Crippen molar-refractivity contribution in [2.75, 3.05) is 25.6 Å². The smallest absolute Gasteiger partial charge is 0.237 e. The van der Waals surface area contributed by atoms with E-state index < -0.39 is 0 Å². The molecule has 0 aromatic rings. The first-order valence-electron chi connectivity index (χ1n) is 4.46.